The molecule has 0 spiro atoms. The third-order valence-corrected chi connectivity index (χ3v) is 2.77. The first kappa shape index (κ1) is 16.6. The first-order valence-electron chi connectivity index (χ1n) is 7.05. The van der Waals surface area contributed by atoms with Gasteiger partial charge in [-0.2, -0.15) is 0 Å². The maximum Gasteiger partial charge on any atom is 0.407 e. The highest BCUT2D eigenvalue weighted by molar-refractivity contribution is 5.68. The summed E-state index contributed by atoms with van der Waals surface area (Å²) in [5.41, 5.74) is 0.432. The molecular weight excluding hydrogens is 256 g/mol. The molecule has 20 heavy (non-hydrogen) atoms. The molecule has 0 aliphatic heterocycles. The molecule has 1 aliphatic carbocycles. The van der Waals surface area contributed by atoms with Crippen molar-refractivity contribution < 1.29 is 14.6 Å². The van der Waals surface area contributed by atoms with E-state index in [0.717, 1.165) is 12.0 Å². The lowest BCUT2D eigenvalue weighted by Crippen LogP contribution is -2.42. The molecule has 0 heterocycles. The standard InChI is InChI=1S/C15H26N2O3/c1-11(17-14(19)20-15(2,3)4)9-16-10-12-7-5-6-8-13(12)18/h5,7,11,16,18H,6,8-10H2,1-4H3,(H,17,19). The van der Waals surface area contributed by atoms with E-state index in [4.69, 9.17) is 4.74 Å². The molecule has 0 fully saturated rings. The van der Waals surface area contributed by atoms with Gasteiger partial charge in [0.2, 0.25) is 0 Å². The van der Waals surface area contributed by atoms with Crippen LogP contribution in [0, 0.1) is 0 Å². The lowest BCUT2D eigenvalue weighted by atomic mass is 10.1. The molecule has 0 radical (unpaired) electrons. The van der Waals surface area contributed by atoms with Crippen molar-refractivity contribution in [1.29, 1.82) is 0 Å². The summed E-state index contributed by atoms with van der Waals surface area (Å²) in [7, 11) is 0. The highest BCUT2D eigenvalue weighted by atomic mass is 16.6. The van der Waals surface area contributed by atoms with Crippen LogP contribution in [0.1, 0.15) is 40.5 Å². The van der Waals surface area contributed by atoms with Gasteiger partial charge in [0.1, 0.15) is 5.60 Å². The van der Waals surface area contributed by atoms with E-state index in [0.29, 0.717) is 25.3 Å². The second-order valence-electron chi connectivity index (χ2n) is 6.09. The van der Waals surface area contributed by atoms with Gasteiger partial charge in [-0.1, -0.05) is 12.2 Å². The van der Waals surface area contributed by atoms with Crippen molar-refractivity contribution in [2.24, 2.45) is 0 Å². The number of allylic oxidation sites excluding steroid dienone is 2. The number of aliphatic hydroxyl groups is 1. The fraction of sp³-hybridized carbons (Fsp3) is 0.667. The van der Waals surface area contributed by atoms with Gasteiger partial charge in [0.05, 0.1) is 5.76 Å². The molecule has 0 aromatic carbocycles. The van der Waals surface area contributed by atoms with Crippen LogP contribution in [0.4, 0.5) is 4.79 Å². The summed E-state index contributed by atoms with van der Waals surface area (Å²) in [5, 5.41) is 15.7. The number of rotatable bonds is 5. The van der Waals surface area contributed by atoms with Crippen LogP contribution >= 0.6 is 0 Å². The van der Waals surface area contributed by atoms with Crippen molar-refractivity contribution >= 4 is 6.09 Å². The number of alkyl carbamates (subject to hydrolysis) is 1. The maximum absolute atomic E-state index is 11.6. The van der Waals surface area contributed by atoms with Crippen molar-refractivity contribution in [2.75, 3.05) is 13.1 Å². The van der Waals surface area contributed by atoms with E-state index in [1.807, 2.05) is 33.8 Å². The topological polar surface area (TPSA) is 70.6 Å². The molecule has 5 heteroatoms. The van der Waals surface area contributed by atoms with Gasteiger partial charge in [0.25, 0.3) is 0 Å². The minimum atomic E-state index is -0.485. The predicted octanol–water partition coefficient (Wildman–Crippen LogP) is 2.65. The number of carbonyl (C=O) groups is 1. The number of hydrogen-bond donors (Lipinski definition) is 3. The summed E-state index contributed by atoms with van der Waals surface area (Å²) in [6.45, 7) is 8.62. The van der Waals surface area contributed by atoms with E-state index in [1.54, 1.807) is 0 Å². The fourth-order valence-electron chi connectivity index (χ4n) is 1.85. The molecule has 0 saturated heterocycles. The quantitative estimate of drug-likeness (QED) is 0.725. The Balaban J connectivity index is 2.25. The molecule has 0 aromatic rings. The van der Waals surface area contributed by atoms with Crippen LogP contribution < -0.4 is 10.6 Å². The number of ether oxygens (including phenoxy) is 1. The van der Waals surface area contributed by atoms with Gasteiger partial charge in [-0.15, -0.1) is 0 Å². The zero-order chi connectivity index (χ0) is 15.2. The highest BCUT2D eigenvalue weighted by Gasteiger charge is 2.17. The maximum atomic E-state index is 11.6. The zero-order valence-corrected chi connectivity index (χ0v) is 12.8. The fourth-order valence-corrected chi connectivity index (χ4v) is 1.85. The van der Waals surface area contributed by atoms with E-state index in [2.05, 4.69) is 16.7 Å². The first-order valence-corrected chi connectivity index (χ1v) is 7.05. The number of aliphatic hydroxyl groups excluding tert-OH is 1. The third-order valence-electron chi connectivity index (χ3n) is 2.77. The van der Waals surface area contributed by atoms with Crippen LogP contribution in [0.3, 0.4) is 0 Å². The molecule has 0 aromatic heterocycles. The summed E-state index contributed by atoms with van der Waals surface area (Å²) >= 11 is 0. The number of hydrogen-bond acceptors (Lipinski definition) is 4. The van der Waals surface area contributed by atoms with Crippen molar-refractivity contribution in [3.05, 3.63) is 23.5 Å². The van der Waals surface area contributed by atoms with Crippen molar-refractivity contribution in [3.8, 4) is 0 Å². The van der Waals surface area contributed by atoms with Gasteiger partial charge < -0.3 is 20.5 Å². The van der Waals surface area contributed by atoms with E-state index in [9.17, 15) is 9.90 Å². The molecule has 1 amide bonds. The molecule has 1 aliphatic rings. The van der Waals surface area contributed by atoms with Gasteiger partial charge in [0.15, 0.2) is 0 Å². The molecule has 5 nitrogen and oxygen atoms in total. The van der Waals surface area contributed by atoms with Crippen molar-refractivity contribution in [1.82, 2.24) is 10.6 Å². The normalized spacial score (nSPS) is 17.0. The second kappa shape index (κ2) is 7.33. The SMILES string of the molecule is CC(CNCC1=C(O)CCC=C1)NC(=O)OC(C)(C)C. The molecule has 1 rings (SSSR count). The van der Waals surface area contributed by atoms with Crippen LogP contribution in [0.25, 0.3) is 0 Å². The number of nitrogens with one attached hydrogen (secondary N) is 2. The Morgan fingerprint density at radius 1 is 1.50 bits per heavy atom. The Morgan fingerprint density at radius 3 is 2.80 bits per heavy atom. The minimum absolute atomic E-state index is 0.0415. The van der Waals surface area contributed by atoms with E-state index in [1.165, 1.54) is 0 Å². The largest absolute Gasteiger partial charge is 0.512 e. The van der Waals surface area contributed by atoms with Gasteiger partial charge in [-0.25, -0.2) is 4.79 Å². The molecule has 1 atom stereocenters. The van der Waals surface area contributed by atoms with Crippen LogP contribution in [-0.4, -0.2) is 35.9 Å². The van der Waals surface area contributed by atoms with E-state index < -0.39 is 11.7 Å². The minimum Gasteiger partial charge on any atom is -0.512 e. The van der Waals surface area contributed by atoms with E-state index >= 15 is 0 Å². The van der Waals surface area contributed by atoms with Crippen LogP contribution in [0.5, 0.6) is 0 Å². The lowest BCUT2D eigenvalue weighted by Gasteiger charge is -2.22. The molecule has 0 saturated carbocycles. The Kier molecular flexibility index (Phi) is 6.07. The summed E-state index contributed by atoms with van der Waals surface area (Å²) in [6.07, 6.45) is 5.19. The number of amides is 1. The van der Waals surface area contributed by atoms with Gasteiger partial charge in [-0.3, -0.25) is 0 Å². The Morgan fingerprint density at radius 2 is 2.20 bits per heavy atom. The van der Waals surface area contributed by atoms with Crippen molar-refractivity contribution in [2.45, 2.75) is 52.2 Å². The van der Waals surface area contributed by atoms with Crippen molar-refractivity contribution in [3.63, 3.8) is 0 Å². The second-order valence-corrected chi connectivity index (χ2v) is 6.09. The molecule has 0 bridgehead atoms. The molecule has 3 N–H and O–H groups in total. The van der Waals surface area contributed by atoms with Crippen LogP contribution in [0.2, 0.25) is 0 Å². The highest BCUT2D eigenvalue weighted by Crippen LogP contribution is 2.15. The summed E-state index contributed by atoms with van der Waals surface area (Å²) in [4.78, 5) is 11.6. The van der Waals surface area contributed by atoms with Crippen LogP contribution in [-0.2, 0) is 4.74 Å². The predicted molar refractivity (Wildman–Crippen MR) is 79.7 cm³/mol. The number of carbonyl (C=O) groups excluding carboxylic acids is 1. The summed E-state index contributed by atoms with van der Waals surface area (Å²) in [6, 6.07) is -0.0415. The first-order chi connectivity index (χ1) is 9.28. The summed E-state index contributed by atoms with van der Waals surface area (Å²) < 4.78 is 5.18. The van der Waals surface area contributed by atoms with Gasteiger partial charge >= 0.3 is 6.09 Å². The monoisotopic (exact) mass is 282 g/mol. The average molecular weight is 282 g/mol. The van der Waals surface area contributed by atoms with Gasteiger partial charge in [0, 0.05) is 31.1 Å². The average Bonchev–Trinajstić information content (AvgIpc) is 2.28. The third kappa shape index (κ3) is 6.61. The Labute approximate surface area is 121 Å². The van der Waals surface area contributed by atoms with Crippen LogP contribution in [0.15, 0.2) is 23.5 Å². The molecule has 114 valence electrons. The Hall–Kier alpha value is -1.49. The summed E-state index contributed by atoms with van der Waals surface area (Å²) in [5.74, 6) is 0.452. The zero-order valence-electron chi connectivity index (χ0n) is 12.8. The smallest absolute Gasteiger partial charge is 0.407 e. The van der Waals surface area contributed by atoms with Gasteiger partial charge in [-0.05, 0) is 34.1 Å². The Bertz CT molecular complexity index is 394. The molecule has 1 unspecified atom stereocenters. The molecular formula is C15H26N2O3. The van der Waals surface area contributed by atoms with E-state index in [-0.39, 0.29) is 6.04 Å². The lowest BCUT2D eigenvalue weighted by molar-refractivity contribution is 0.0508.